The maximum Gasteiger partial charge on any atom is 0.308 e. The van der Waals surface area contributed by atoms with Crippen LogP contribution in [0.1, 0.15) is 45.2 Å². The maximum atomic E-state index is 13.0. The molecular formula is C23H29N3O3S2. The van der Waals surface area contributed by atoms with Crippen molar-refractivity contribution < 1.29 is 8.42 Å². The van der Waals surface area contributed by atoms with Gasteiger partial charge in [0, 0.05) is 31.4 Å². The largest absolute Gasteiger partial charge is 0.371 e. The molecule has 0 radical (unpaired) electrons. The molecule has 4 rings (SSSR count). The summed E-state index contributed by atoms with van der Waals surface area (Å²) in [5, 5.41) is 0. The molecule has 1 aliphatic rings. The van der Waals surface area contributed by atoms with Gasteiger partial charge in [0.25, 0.3) is 0 Å². The van der Waals surface area contributed by atoms with Crippen molar-refractivity contribution in [3.05, 3.63) is 57.7 Å². The predicted molar refractivity (Wildman–Crippen MR) is 128 cm³/mol. The van der Waals surface area contributed by atoms with Gasteiger partial charge in [-0.3, -0.25) is 9.36 Å². The van der Waals surface area contributed by atoms with Crippen molar-refractivity contribution in [2.75, 3.05) is 18.0 Å². The summed E-state index contributed by atoms with van der Waals surface area (Å²) in [5.74, 6) is 0.698. The van der Waals surface area contributed by atoms with Crippen LogP contribution in [0.4, 0.5) is 5.69 Å². The standard InChI is InChI=1S/C23H29N3O3S2/c1-4-26-21-12-11-20(14-22(21)30-23(26)27)31(28,29)24-17(3)18-7-9-19(10-8-18)25-13-5-6-16(2)15-25/h7-12,14,16-17,24H,4-6,13,15H2,1-3H3/t16-,17+/m1/s1. The Kier molecular flexibility index (Phi) is 6.23. The highest BCUT2D eigenvalue weighted by Gasteiger charge is 2.21. The van der Waals surface area contributed by atoms with E-state index in [2.05, 4.69) is 28.7 Å². The first-order valence-corrected chi connectivity index (χ1v) is 13.1. The van der Waals surface area contributed by atoms with Crippen LogP contribution in [-0.2, 0) is 16.6 Å². The summed E-state index contributed by atoms with van der Waals surface area (Å²) >= 11 is 1.07. The smallest absolute Gasteiger partial charge is 0.308 e. The zero-order chi connectivity index (χ0) is 22.2. The van der Waals surface area contributed by atoms with Gasteiger partial charge in [-0.1, -0.05) is 30.4 Å². The fourth-order valence-corrected chi connectivity index (χ4v) is 6.61. The molecule has 0 saturated carbocycles. The van der Waals surface area contributed by atoms with Gasteiger partial charge in [-0.15, -0.1) is 0 Å². The Hall–Kier alpha value is -2.16. The number of aryl methyl sites for hydroxylation is 1. The number of hydrogen-bond donors (Lipinski definition) is 1. The summed E-state index contributed by atoms with van der Waals surface area (Å²) < 4.78 is 31.0. The normalized spacial score (nSPS) is 18.4. The van der Waals surface area contributed by atoms with Crippen LogP contribution in [0.5, 0.6) is 0 Å². The zero-order valence-corrected chi connectivity index (χ0v) is 19.8. The highest BCUT2D eigenvalue weighted by atomic mass is 32.2. The molecule has 6 nitrogen and oxygen atoms in total. The average molecular weight is 460 g/mol. The maximum absolute atomic E-state index is 13.0. The fraction of sp³-hybridized carbons (Fsp3) is 0.435. The van der Waals surface area contributed by atoms with Gasteiger partial charge in [0.1, 0.15) is 0 Å². The van der Waals surface area contributed by atoms with Crippen LogP contribution in [0.2, 0.25) is 0 Å². The van der Waals surface area contributed by atoms with Crippen molar-refractivity contribution in [2.24, 2.45) is 5.92 Å². The third kappa shape index (κ3) is 4.56. The molecule has 0 unspecified atom stereocenters. The van der Waals surface area contributed by atoms with Gasteiger partial charge >= 0.3 is 4.87 Å². The Balaban J connectivity index is 1.51. The average Bonchev–Trinajstić information content (AvgIpc) is 3.07. The van der Waals surface area contributed by atoms with Crippen LogP contribution >= 0.6 is 11.3 Å². The number of anilines is 1. The topological polar surface area (TPSA) is 71.4 Å². The van der Waals surface area contributed by atoms with Gasteiger partial charge in [0.15, 0.2) is 0 Å². The molecule has 1 aliphatic heterocycles. The Morgan fingerprint density at radius 3 is 2.61 bits per heavy atom. The Bertz CT molecular complexity index is 1230. The molecule has 2 heterocycles. The Labute approximate surface area is 187 Å². The number of aromatic nitrogens is 1. The van der Waals surface area contributed by atoms with Crippen LogP contribution in [0.3, 0.4) is 0 Å². The third-order valence-corrected chi connectivity index (χ3v) is 8.49. The number of rotatable bonds is 6. The second-order valence-corrected chi connectivity index (χ2v) is 11.1. The number of nitrogens with zero attached hydrogens (tertiary/aromatic N) is 2. The van der Waals surface area contributed by atoms with E-state index in [-0.39, 0.29) is 15.8 Å². The van der Waals surface area contributed by atoms with Crippen molar-refractivity contribution in [3.8, 4) is 0 Å². The van der Waals surface area contributed by atoms with Gasteiger partial charge in [-0.25, -0.2) is 13.1 Å². The van der Waals surface area contributed by atoms with E-state index in [9.17, 15) is 13.2 Å². The van der Waals surface area contributed by atoms with E-state index >= 15 is 0 Å². The van der Waals surface area contributed by atoms with Crippen molar-refractivity contribution in [1.82, 2.24) is 9.29 Å². The van der Waals surface area contributed by atoms with Crippen LogP contribution < -0.4 is 14.5 Å². The molecule has 0 amide bonds. The summed E-state index contributed by atoms with van der Waals surface area (Å²) in [5.41, 5.74) is 2.87. The van der Waals surface area contributed by atoms with Gasteiger partial charge in [-0.05, 0) is 68.5 Å². The van der Waals surface area contributed by atoms with E-state index in [0.29, 0.717) is 17.2 Å². The van der Waals surface area contributed by atoms with E-state index in [1.165, 1.54) is 18.5 Å². The van der Waals surface area contributed by atoms with E-state index in [0.717, 1.165) is 35.5 Å². The Morgan fingerprint density at radius 2 is 1.94 bits per heavy atom. The first-order valence-electron chi connectivity index (χ1n) is 10.8. The first kappa shape index (κ1) is 22.0. The quantitative estimate of drug-likeness (QED) is 0.595. The number of piperidine rings is 1. The lowest BCUT2D eigenvalue weighted by molar-refractivity contribution is 0.447. The molecule has 1 N–H and O–H groups in total. The number of hydrogen-bond acceptors (Lipinski definition) is 5. The van der Waals surface area contributed by atoms with Crippen LogP contribution in [0.25, 0.3) is 10.2 Å². The molecule has 3 aromatic rings. The lowest BCUT2D eigenvalue weighted by Crippen LogP contribution is -2.34. The molecule has 0 aliphatic carbocycles. The van der Waals surface area contributed by atoms with Gasteiger partial charge in [-0.2, -0.15) is 0 Å². The van der Waals surface area contributed by atoms with Crippen molar-refractivity contribution >= 4 is 37.3 Å². The SMILES string of the molecule is CCn1c(=O)sc2cc(S(=O)(=O)N[C@@H](C)c3ccc(N4CCC[C@@H](C)C4)cc3)ccc21. The minimum atomic E-state index is -3.71. The minimum absolute atomic E-state index is 0.0726. The van der Waals surface area contributed by atoms with Crippen molar-refractivity contribution in [2.45, 2.75) is 51.1 Å². The van der Waals surface area contributed by atoms with Crippen LogP contribution in [-0.4, -0.2) is 26.1 Å². The van der Waals surface area contributed by atoms with Gasteiger partial charge < -0.3 is 4.90 Å². The molecule has 1 fully saturated rings. The molecule has 8 heteroatoms. The lowest BCUT2D eigenvalue weighted by Gasteiger charge is -2.33. The summed E-state index contributed by atoms with van der Waals surface area (Å²) in [4.78, 5) is 14.6. The molecule has 2 aromatic carbocycles. The highest BCUT2D eigenvalue weighted by Crippen LogP contribution is 2.26. The minimum Gasteiger partial charge on any atom is -0.371 e. The second-order valence-electron chi connectivity index (χ2n) is 8.37. The summed E-state index contributed by atoms with van der Waals surface area (Å²) in [6, 6.07) is 12.7. The highest BCUT2D eigenvalue weighted by molar-refractivity contribution is 7.89. The number of thiazole rings is 1. The number of nitrogens with one attached hydrogen (secondary N) is 1. The Morgan fingerprint density at radius 1 is 1.19 bits per heavy atom. The van der Waals surface area contributed by atoms with Gasteiger partial charge in [0.2, 0.25) is 10.0 Å². The van der Waals surface area contributed by atoms with Crippen molar-refractivity contribution in [1.29, 1.82) is 0 Å². The van der Waals surface area contributed by atoms with E-state index < -0.39 is 10.0 Å². The van der Waals surface area contributed by atoms with Crippen LogP contribution in [0, 0.1) is 5.92 Å². The number of sulfonamides is 1. The lowest BCUT2D eigenvalue weighted by atomic mass is 9.99. The second kappa shape index (κ2) is 8.76. The number of benzene rings is 2. The molecule has 1 saturated heterocycles. The molecule has 2 atom stereocenters. The zero-order valence-electron chi connectivity index (χ0n) is 18.2. The molecule has 31 heavy (non-hydrogen) atoms. The molecule has 0 bridgehead atoms. The molecule has 166 valence electrons. The van der Waals surface area contributed by atoms with E-state index in [1.54, 1.807) is 22.8 Å². The number of fused-ring (bicyclic) bond motifs is 1. The summed E-state index contributed by atoms with van der Waals surface area (Å²) in [6.45, 7) is 8.73. The van der Waals surface area contributed by atoms with Crippen molar-refractivity contribution in [3.63, 3.8) is 0 Å². The molecule has 0 spiro atoms. The first-order chi connectivity index (χ1) is 14.8. The van der Waals surface area contributed by atoms with E-state index in [4.69, 9.17) is 0 Å². The molecular weight excluding hydrogens is 430 g/mol. The van der Waals surface area contributed by atoms with E-state index in [1.807, 2.05) is 26.0 Å². The summed E-state index contributed by atoms with van der Waals surface area (Å²) in [7, 11) is -3.71. The third-order valence-electron chi connectivity index (χ3n) is 6.01. The fourth-order valence-electron chi connectivity index (χ4n) is 4.28. The van der Waals surface area contributed by atoms with Gasteiger partial charge in [0.05, 0.1) is 15.1 Å². The summed E-state index contributed by atoms with van der Waals surface area (Å²) in [6.07, 6.45) is 2.49. The van der Waals surface area contributed by atoms with Crippen LogP contribution in [0.15, 0.2) is 52.2 Å². The monoisotopic (exact) mass is 459 g/mol. The molecule has 1 aromatic heterocycles. The predicted octanol–water partition coefficient (Wildman–Crippen LogP) is 4.36.